The predicted octanol–water partition coefficient (Wildman–Crippen LogP) is 1.46. The van der Waals surface area contributed by atoms with Gasteiger partial charge < -0.3 is 9.88 Å². The molecule has 27 heavy (non-hydrogen) atoms. The van der Waals surface area contributed by atoms with Crippen molar-refractivity contribution in [3.05, 3.63) is 47.5 Å². The van der Waals surface area contributed by atoms with E-state index in [0.717, 1.165) is 11.6 Å². The van der Waals surface area contributed by atoms with Crippen LogP contribution in [0.2, 0.25) is 0 Å². The highest BCUT2D eigenvalue weighted by Gasteiger charge is 2.29. The minimum Gasteiger partial charge on any atom is -0.321 e. The van der Waals surface area contributed by atoms with Gasteiger partial charge in [-0.25, -0.2) is 13.1 Å². The molecule has 0 saturated heterocycles. The average Bonchev–Trinajstić information content (AvgIpc) is 3.30. The minimum atomic E-state index is -3.71. The zero-order chi connectivity index (χ0) is 18.8. The zero-order valence-electron chi connectivity index (χ0n) is 14.6. The van der Waals surface area contributed by atoms with Crippen molar-refractivity contribution in [2.75, 3.05) is 11.9 Å². The van der Waals surface area contributed by atoms with E-state index < -0.39 is 10.0 Å². The number of hydrogen-bond acceptors (Lipinski definition) is 5. The highest BCUT2D eigenvalue weighted by atomic mass is 32.2. The molecule has 1 unspecified atom stereocenters. The summed E-state index contributed by atoms with van der Waals surface area (Å²) in [7, 11) is -3.71. The van der Waals surface area contributed by atoms with E-state index in [-0.39, 0.29) is 16.7 Å². The van der Waals surface area contributed by atoms with Gasteiger partial charge in [-0.3, -0.25) is 4.79 Å². The molecule has 1 atom stereocenters. The van der Waals surface area contributed by atoms with E-state index in [2.05, 4.69) is 20.2 Å². The minimum absolute atomic E-state index is 0.143. The van der Waals surface area contributed by atoms with Crippen LogP contribution in [0, 0.1) is 12.8 Å². The lowest BCUT2D eigenvalue weighted by molar-refractivity contribution is 0.103. The first-order valence-electron chi connectivity index (χ1n) is 8.69. The molecule has 9 heteroatoms. The summed E-state index contributed by atoms with van der Waals surface area (Å²) in [6.45, 7) is 2.93. The number of carbonyl (C=O) groups is 1. The Morgan fingerprint density at radius 3 is 2.93 bits per heavy atom. The quantitative estimate of drug-likeness (QED) is 0.709. The van der Waals surface area contributed by atoms with Crippen molar-refractivity contribution < 1.29 is 13.2 Å². The third-order valence-corrected chi connectivity index (χ3v) is 6.75. The predicted molar refractivity (Wildman–Crippen MR) is 99.0 cm³/mol. The Hall–Kier alpha value is -2.78. The number of anilines is 1. The maximum Gasteiger partial charge on any atom is 0.256 e. The molecule has 2 N–H and O–H groups in total. The Morgan fingerprint density at radius 2 is 2.11 bits per heavy atom. The Morgan fingerprint density at radius 1 is 1.26 bits per heavy atom. The van der Waals surface area contributed by atoms with Gasteiger partial charge in [0.05, 0.1) is 4.90 Å². The molecule has 138 valence electrons. The summed E-state index contributed by atoms with van der Waals surface area (Å²) < 4.78 is 30.7. The number of aryl methyl sites for hydroxylation is 1. The summed E-state index contributed by atoms with van der Waals surface area (Å²) in [5, 5.41) is 12.1. The lowest BCUT2D eigenvalue weighted by Gasteiger charge is -2.13. The van der Waals surface area contributed by atoms with Crippen molar-refractivity contribution in [3.8, 4) is 0 Å². The fourth-order valence-corrected chi connectivity index (χ4v) is 5.25. The fraction of sp³-hybridized carbons (Fsp3) is 0.278. The molecule has 0 spiro atoms. The molecule has 2 aliphatic rings. The zero-order valence-corrected chi connectivity index (χ0v) is 15.4. The first-order chi connectivity index (χ1) is 12.9. The second-order valence-electron chi connectivity index (χ2n) is 6.99. The van der Waals surface area contributed by atoms with Gasteiger partial charge in [-0.05, 0) is 31.0 Å². The van der Waals surface area contributed by atoms with Crippen LogP contribution in [0.3, 0.4) is 0 Å². The highest BCUT2D eigenvalue weighted by Crippen LogP contribution is 2.36. The van der Waals surface area contributed by atoms with Crippen molar-refractivity contribution in [1.29, 1.82) is 0 Å². The van der Waals surface area contributed by atoms with Crippen LogP contribution >= 0.6 is 0 Å². The molecule has 0 saturated carbocycles. The van der Waals surface area contributed by atoms with Crippen molar-refractivity contribution in [1.82, 2.24) is 19.5 Å². The van der Waals surface area contributed by atoms with Crippen molar-refractivity contribution in [3.63, 3.8) is 0 Å². The van der Waals surface area contributed by atoms with Crippen LogP contribution in [0.5, 0.6) is 0 Å². The SMILES string of the molecule is Cc1nnc2n1CC(CNS(=O)(=O)c1ccc3c4c(cccc14)C(=O)N3)C2. The number of amides is 1. The molecule has 1 aromatic heterocycles. The molecule has 0 bridgehead atoms. The number of aromatic nitrogens is 3. The summed E-state index contributed by atoms with van der Waals surface area (Å²) in [5.41, 5.74) is 1.15. The van der Waals surface area contributed by atoms with E-state index in [0.29, 0.717) is 41.5 Å². The molecule has 3 aromatic rings. The van der Waals surface area contributed by atoms with Gasteiger partial charge in [-0.1, -0.05) is 12.1 Å². The van der Waals surface area contributed by atoms with Crippen molar-refractivity contribution in [2.24, 2.45) is 5.92 Å². The standard InChI is InChI=1S/C18H17N5O3S/c1-10-21-22-16-7-11(9-23(10)16)8-19-27(25,26)15-6-5-14-17-12(15)3-2-4-13(17)18(24)20-14/h2-6,11,19H,7-9H2,1H3,(H,20,24). The number of nitrogens with zero attached hydrogens (tertiary/aromatic N) is 3. The van der Waals surface area contributed by atoms with Gasteiger partial charge in [0.2, 0.25) is 10.0 Å². The molecular weight excluding hydrogens is 366 g/mol. The highest BCUT2D eigenvalue weighted by molar-refractivity contribution is 7.89. The third-order valence-electron chi connectivity index (χ3n) is 5.27. The Labute approximate surface area is 155 Å². The Kier molecular flexibility index (Phi) is 3.40. The van der Waals surface area contributed by atoms with Gasteiger partial charge in [-0.2, -0.15) is 0 Å². The number of hydrogen-bond donors (Lipinski definition) is 2. The average molecular weight is 383 g/mol. The summed E-state index contributed by atoms with van der Waals surface area (Å²) in [6.07, 6.45) is 0.700. The number of rotatable bonds is 4. The van der Waals surface area contributed by atoms with Crippen molar-refractivity contribution >= 4 is 32.4 Å². The van der Waals surface area contributed by atoms with Gasteiger partial charge in [0.1, 0.15) is 11.6 Å². The summed E-state index contributed by atoms with van der Waals surface area (Å²) in [6, 6.07) is 8.33. The Bertz CT molecular complexity index is 1220. The molecule has 2 aliphatic heterocycles. The topological polar surface area (TPSA) is 106 Å². The van der Waals surface area contributed by atoms with Crippen LogP contribution in [-0.4, -0.2) is 35.6 Å². The largest absolute Gasteiger partial charge is 0.321 e. The molecule has 2 aromatic carbocycles. The van der Waals surface area contributed by atoms with E-state index in [4.69, 9.17) is 0 Å². The third kappa shape index (κ3) is 2.46. The first-order valence-corrected chi connectivity index (χ1v) is 10.2. The van der Waals surface area contributed by atoms with Crippen LogP contribution in [0.1, 0.15) is 22.0 Å². The van der Waals surface area contributed by atoms with Crippen molar-refractivity contribution in [2.45, 2.75) is 24.8 Å². The monoisotopic (exact) mass is 383 g/mol. The van der Waals surface area contributed by atoms with Crippen LogP contribution in [0.4, 0.5) is 5.69 Å². The van der Waals surface area contributed by atoms with Gasteiger partial charge >= 0.3 is 0 Å². The summed E-state index contributed by atoms with van der Waals surface area (Å²) in [5.74, 6) is 1.68. The second-order valence-corrected chi connectivity index (χ2v) is 8.72. The van der Waals surface area contributed by atoms with E-state index in [1.54, 1.807) is 30.3 Å². The van der Waals surface area contributed by atoms with Crippen LogP contribution < -0.4 is 10.0 Å². The van der Waals surface area contributed by atoms with E-state index in [9.17, 15) is 13.2 Å². The van der Waals surface area contributed by atoms with E-state index in [1.807, 2.05) is 11.5 Å². The van der Waals surface area contributed by atoms with Gasteiger partial charge in [0.15, 0.2) is 0 Å². The van der Waals surface area contributed by atoms with Gasteiger partial charge in [-0.15, -0.1) is 10.2 Å². The van der Waals surface area contributed by atoms with Crippen LogP contribution in [0.25, 0.3) is 10.8 Å². The number of nitrogens with one attached hydrogen (secondary N) is 2. The Balaban J connectivity index is 1.43. The van der Waals surface area contributed by atoms with Gasteiger partial charge in [0, 0.05) is 41.5 Å². The first kappa shape index (κ1) is 16.4. The second kappa shape index (κ2) is 5.61. The van der Waals surface area contributed by atoms with E-state index >= 15 is 0 Å². The number of sulfonamides is 1. The summed E-state index contributed by atoms with van der Waals surface area (Å²) in [4.78, 5) is 12.2. The number of carbonyl (C=O) groups excluding carboxylic acids is 1. The molecule has 1 amide bonds. The lowest BCUT2D eigenvalue weighted by atomic mass is 10.1. The maximum atomic E-state index is 13.0. The fourth-order valence-electron chi connectivity index (χ4n) is 3.93. The molecule has 0 radical (unpaired) electrons. The molecule has 8 nitrogen and oxygen atoms in total. The normalized spacial score (nSPS) is 18.1. The maximum absolute atomic E-state index is 13.0. The van der Waals surface area contributed by atoms with E-state index in [1.165, 1.54) is 0 Å². The molecule has 0 aliphatic carbocycles. The van der Waals surface area contributed by atoms with Crippen LogP contribution in [0.15, 0.2) is 35.2 Å². The summed E-state index contributed by atoms with van der Waals surface area (Å²) >= 11 is 0. The molecule has 0 fully saturated rings. The lowest BCUT2D eigenvalue weighted by Crippen LogP contribution is -2.30. The molecule has 5 rings (SSSR count). The van der Waals surface area contributed by atoms with Crippen LogP contribution in [-0.2, 0) is 23.0 Å². The molecule has 3 heterocycles. The number of benzene rings is 2. The molecular formula is C18H17N5O3S. The number of fused-ring (bicyclic) bond motifs is 1. The smallest absolute Gasteiger partial charge is 0.256 e. The van der Waals surface area contributed by atoms with Gasteiger partial charge in [0.25, 0.3) is 5.91 Å².